The van der Waals surface area contributed by atoms with Gasteiger partial charge in [-0.1, -0.05) is 60.7 Å². The van der Waals surface area contributed by atoms with E-state index >= 15 is 0 Å². The van der Waals surface area contributed by atoms with E-state index in [4.69, 9.17) is 4.74 Å². The first-order chi connectivity index (χ1) is 16.1. The number of aliphatic hydroxyl groups excluding tert-OH is 1. The fourth-order valence-corrected chi connectivity index (χ4v) is 5.14. The van der Waals surface area contributed by atoms with Crippen molar-refractivity contribution >= 4 is 39.6 Å². The lowest BCUT2D eigenvalue weighted by Crippen LogP contribution is -2.28. The van der Waals surface area contributed by atoms with E-state index < -0.39 is 17.7 Å². The summed E-state index contributed by atoms with van der Waals surface area (Å²) in [6.45, 7) is 0.240. The van der Waals surface area contributed by atoms with Crippen molar-refractivity contribution in [1.82, 2.24) is 4.90 Å². The maximum atomic E-state index is 13.2. The molecule has 0 saturated carbocycles. The summed E-state index contributed by atoms with van der Waals surface area (Å²) in [5, 5.41) is 15.1. The molecular formula is C27H21NO4S. The quantitative estimate of drug-likeness (QED) is 0.244. The highest BCUT2D eigenvalue weighted by Gasteiger charge is 2.46. The predicted molar refractivity (Wildman–Crippen MR) is 129 cm³/mol. The molecule has 0 spiro atoms. The number of methoxy groups -OCH3 is 1. The Kier molecular flexibility index (Phi) is 5.44. The number of hydrogen-bond donors (Lipinski definition) is 1. The summed E-state index contributed by atoms with van der Waals surface area (Å²) in [7, 11) is 1.59. The highest BCUT2D eigenvalue weighted by atomic mass is 32.1. The van der Waals surface area contributed by atoms with Gasteiger partial charge in [0.25, 0.3) is 11.7 Å². The smallest absolute Gasteiger partial charge is 0.295 e. The molecular weight excluding hydrogens is 434 g/mol. The molecule has 1 N–H and O–H groups in total. The van der Waals surface area contributed by atoms with Crippen LogP contribution in [-0.4, -0.2) is 28.8 Å². The van der Waals surface area contributed by atoms with Gasteiger partial charge in [0.1, 0.15) is 11.5 Å². The van der Waals surface area contributed by atoms with E-state index in [0.29, 0.717) is 11.3 Å². The van der Waals surface area contributed by atoms with E-state index in [9.17, 15) is 14.7 Å². The van der Waals surface area contributed by atoms with Crippen molar-refractivity contribution in [3.8, 4) is 5.75 Å². The zero-order valence-corrected chi connectivity index (χ0v) is 18.7. The molecule has 164 valence electrons. The molecule has 1 atom stereocenters. The minimum absolute atomic E-state index is 0.118. The number of likely N-dealkylation sites (tertiary alicyclic amines) is 1. The first-order valence-electron chi connectivity index (χ1n) is 10.5. The fraction of sp³-hybridized carbons (Fsp3) is 0.111. The van der Waals surface area contributed by atoms with Crippen LogP contribution < -0.4 is 4.74 Å². The number of ketones is 1. The minimum atomic E-state index is -0.674. The van der Waals surface area contributed by atoms with Crippen LogP contribution in [-0.2, 0) is 16.1 Å². The number of ether oxygens (including phenoxy) is 1. The SMILES string of the molecule is COc1ccc(CN2C(=O)C(=O)/C(=C(\O)c3cccc4ccccc34)C2c2cccs2)cc1. The highest BCUT2D eigenvalue weighted by molar-refractivity contribution is 7.10. The Hall–Kier alpha value is -3.90. The molecule has 1 aromatic heterocycles. The molecule has 3 aromatic carbocycles. The van der Waals surface area contributed by atoms with Gasteiger partial charge in [0.15, 0.2) is 0 Å². The number of hydrogen-bond acceptors (Lipinski definition) is 5. The molecule has 33 heavy (non-hydrogen) atoms. The first kappa shape index (κ1) is 21.0. The first-order valence-corrected chi connectivity index (χ1v) is 11.4. The van der Waals surface area contributed by atoms with Crippen molar-refractivity contribution in [2.24, 2.45) is 0 Å². The number of carbonyl (C=O) groups is 2. The number of fused-ring (bicyclic) bond motifs is 1. The van der Waals surface area contributed by atoms with Gasteiger partial charge in [0.2, 0.25) is 0 Å². The van der Waals surface area contributed by atoms with Crippen molar-refractivity contribution in [1.29, 1.82) is 0 Å². The topological polar surface area (TPSA) is 66.8 Å². The van der Waals surface area contributed by atoms with Crippen LogP contribution >= 0.6 is 11.3 Å². The molecule has 0 bridgehead atoms. The van der Waals surface area contributed by atoms with Crippen molar-refractivity contribution in [3.63, 3.8) is 0 Å². The van der Waals surface area contributed by atoms with Crippen LogP contribution in [0.4, 0.5) is 0 Å². The van der Waals surface area contributed by atoms with E-state index in [-0.39, 0.29) is 17.9 Å². The molecule has 5 rings (SSSR count). The van der Waals surface area contributed by atoms with Gasteiger partial charge in [-0.15, -0.1) is 11.3 Å². The summed E-state index contributed by atoms with van der Waals surface area (Å²) < 4.78 is 5.22. The second-order valence-corrected chi connectivity index (χ2v) is 8.80. The third kappa shape index (κ3) is 3.68. The van der Waals surface area contributed by atoms with Gasteiger partial charge in [-0.3, -0.25) is 9.59 Å². The van der Waals surface area contributed by atoms with Crippen LogP contribution in [0.25, 0.3) is 16.5 Å². The Balaban J connectivity index is 1.64. The third-order valence-electron chi connectivity index (χ3n) is 5.91. The number of rotatable bonds is 5. The largest absolute Gasteiger partial charge is 0.507 e. The monoisotopic (exact) mass is 455 g/mol. The molecule has 0 aliphatic carbocycles. The van der Waals surface area contributed by atoms with Crippen LogP contribution in [0.1, 0.15) is 22.0 Å². The summed E-state index contributed by atoms with van der Waals surface area (Å²) in [6, 6.07) is 23.7. The van der Waals surface area contributed by atoms with Crippen molar-refractivity contribution < 1.29 is 19.4 Å². The normalized spacial score (nSPS) is 17.6. The van der Waals surface area contributed by atoms with Gasteiger partial charge in [-0.25, -0.2) is 0 Å². The molecule has 1 amide bonds. The molecule has 1 saturated heterocycles. The zero-order valence-electron chi connectivity index (χ0n) is 17.9. The number of amides is 1. The average molecular weight is 456 g/mol. The molecule has 1 aliphatic heterocycles. The number of thiophene rings is 1. The average Bonchev–Trinajstić information content (AvgIpc) is 3.46. The van der Waals surface area contributed by atoms with Crippen LogP contribution in [0.15, 0.2) is 89.8 Å². The molecule has 1 fully saturated rings. The predicted octanol–water partition coefficient (Wildman–Crippen LogP) is 5.53. The summed E-state index contributed by atoms with van der Waals surface area (Å²) in [5.74, 6) is -0.731. The van der Waals surface area contributed by atoms with Gasteiger partial charge < -0.3 is 14.7 Å². The van der Waals surface area contributed by atoms with E-state index in [1.165, 1.54) is 16.2 Å². The number of benzene rings is 3. The third-order valence-corrected chi connectivity index (χ3v) is 6.83. The molecule has 0 radical (unpaired) electrons. The molecule has 1 unspecified atom stereocenters. The van der Waals surface area contributed by atoms with Gasteiger partial charge in [-0.2, -0.15) is 0 Å². The Labute approximate surface area is 195 Å². The summed E-state index contributed by atoms with van der Waals surface area (Å²) in [5.41, 5.74) is 1.52. The second-order valence-electron chi connectivity index (χ2n) is 7.82. The minimum Gasteiger partial charge on any atom is -0.507 e. The maximum Gasteiger partial charge on any atom is 0.295 e. The number of aliphatic hydroxyl groups is 1. The Morgan fingerprint density at radius 1 is 0.970 bits per heavy atom. The molecule has 1 aliphatic rings. The lowest BCUT2D eigenvalue weighted by molar-refractivity contribution is -0.140. The zero-order chi connectivity index (χ0) is 22.9. The van der Waals surface area contributed by atoms with E-state index in [0.717, 1.165) is 21.2 Å². The van der Waals surface area contributed by atoms with Crippen LogP contribution in [0.3, 0.4) is 0 Å². The van der Waals surface area contributed by atoms with Gasteiger partial charge in [0.05, 0.1) is 18.7 Å². The van der Waals surface area contributed by atoms with Gasteiger partial charge >= 0.3 is 0 Å². The second kappa shape index (κ2) is 8.56. The Morgan fingerprint density at radius 3 is 2.45 bits per heavy atom. The molecule has 4 aromatic rings. The summed E-state index contributed by atoms with van der Waals surface area (Å²) in [6.07, 6.45) is 0. The number of carbonyl (C=O) groups excluding carboxylic acids is 2. The number of nitrogens with zero attached hydrogens (tertiary/aromatic N) is 1. The maximum absolute atomic E-state index is 13.2. The van der Waals surface area contributed by atoms with Crippen molar-refractivity contribution in [2.75, 3.05) is 7.11 Å². The highest BCUT2D eigenvalue weighted by Crippen LogP contribution is 2.42. The Morgan fingerprint density at radius 2 is 1.73 bits per heavy atom. The molecule has 2 heterocycles. The van der Waals surface area contributed by atoms with E-state index in [2.05, 4.69) is 0 Å². The van der Waals surface area contributed by atoms with E-state index in [1.54, 1.807) is 13.2 Å². The van der Waals surface area contributed by atoms with Crippen LogP contribution in [0, 0.1) is 0 Å². The van der Waals surface area contributed by atoms with Crippen molar-refractivity contribution in [2.45, 2.75) is 12.6 Å². The lowest BCUT2D eigenvalue weighted by Gasteiger charge is -2.24. The summed E-state index contributed by atoms with van der Waals surface area (Å²) >= 11 is 1.45. The van der Waals surface area contributed by atoms with Gasteiger partial charge in [0, 0.05) is 17.0 Å². The van der Waals surface area contributed by atoms with E-state index in [1.807, 2.05) is 78.2 Å². The summed E-state index contributed by atoms with van der Waals surface area (Å²) in [4.78, 5) is 28.8. The Bertz CT molecular complexity index is 1370. The fourth-order valence-electron chi connectivity index (χ4n) is 4.29. The van der Waals surface area contributed by atoms with Crippen molar-refractivity contribution in [3.05, 3.63) is 106 Å². The molecule has 6 heteroatoms. The number of Topliss-reactive ketones (excluding diaryl/α,β-unsaturated/α-hetero) is 1. The standard InChI is InChI=1S/C27H21NO4S/c1-32-19-13-11-17(12-14-19)16-28-24(22-10-5-15-33-22)23(26(30)27(28)31)25(29)21-9-4-7-18-6-2-3-8-20(18)21/h2-15,24,29H,16H2,1H3/b25-23-. The van der Waals surface area contributed by atoms with Gasteiger partial charge in [-0.05, 0) is 39.9 Å². The van der Waals surface area contributed by atoms with Crippen LogP contribution in [0.5, 0.6) is 5.75 Å². The molecule has 5 nitrogen and oxygen atoms in total. The lowest BCUT2D eigenvalue weighted by atomic mass is 9.96. The van der Waals surface area contributed by atoms with Crippen LogP contribution in [0.2, 0.25) is 0 Å².